The van der Waals surface area contributed by atoms with Gasteiger partial charge in [0, 0.05) is 31.5 Å². The van der Waals surface area contributed by atoms with E-state index in [2.05, 4.69) is 10.3 Å². The molecule has 0 bridgehead atoms. The topological polar surface area (TPSA) is 257 Å². The Kier molecular flexibility index (Phi) is 12.6. The summed E-state index contributed by atoms with van der Waals surface area (Å²) in [6.45, 7) is 3.58. The summed E-state index contributed by atoms with van der Waals surface area (Å²) in [5.41, 5.74) is 0.841. The van der Waals surface area contributed by atoms with Gasteiger partial charge in [-0.1, -0.05) is 25.1 Å². The molecule has 1 aromatic heterocycles. The van der Waals surface area contributed by atoms with Crippen molar-refractivity contribution in [2.45, 2.75) is 57.8 Å². The third-order valence-corrected chi connectivity index (χ3v) is 8.34. The number of aliphatic hydroxyl groups is 3. The first kappa shape index (κ1) is 38.3. The third kappa shape index (κ3) is 10.0. The quantitative estimate of drug-likeness (QED) is 0.115. The summed E-state index contributed by atoms with van der Waals surface area (Å²) < 4.78 is 46.7. The SMILES string of the molecule is CC(C)CN(CCS(C)(=O)=O)C(=O)OCc1ccc(O[C@@H]2O[C@H](C(=O)O)[C@@H](O)[C@H](O)[C@H]2O)c(-n2cc(COCCN3C(=O)C=CC3=O)nn2)c1. The van der Waals surface area contributed by atoms with Crippen LogP contribution < -0.4 is 4.74 Å². The molecule has 274 valence electrons. The lowest BCUT2D eigenvalue weighted by Crippen LogP contribution is -2.61. The largest absolute Gasteiger partial charge is 0.479 e. The lowest BCUT2D eigenvalue weighted by Gasteiger charge is -2.38. The van der Waals surface area contributed by atoms with Crippen LogP contribution >= 0.6 is 0 Å². The van der Waals surface area contributed by atoms with Crippen molar-refractivity contribution in [2.24, 2.45) is 5.92 Å². The molecule has 19 nitrogen and oxygen atoms in total. The number of ether oxygens (including phenoxy) is 4. The minimum absolute atomic E-state index is 0.00900. The van der Waals surface area contributed by atoms with Gasteiger partial charge in [-0.15, -0.1) is 5.10 Å². The van der Waals surface area contributed by atoms with Gasteiger partial charge in [0.05, 0.1) is 31.7 Å². The van der Waals surface area contributed by atoms with Crippen LogP contribution in [-0.2, 0) is 51.6 Å². The summed E-state index contributed by atoms with van der Waals surface area (Å²) >= 11 is 0. The highest BCUT2D eigenvalue weighted by molar-refractivity contribution is 7.90. The average Bonchev–Trinajstić information content (AvgIpc) is 3.65. The second-order valence-corrected chi connectivity index (χ2v) is 14.3. The standard InChI is InChI=1S/C30H39N5O14S/c1-17(2)13-33(9-11-50(3,44)45)30(43)47-15-18-4-5-21(48-29-26(40)24(38)25(39)27(49-29)28(41)42)20(12-18)35-14-19(31-32-35)16-46-10-8-34-22(36)6-7-23(34)37/h4-7,12,14,17,24-27,29,38-40H,8-11,13,15-16H2,1-3H3,(H,41,42)/t24-,25-,26+,27-,29+/m0/s1. The van der Waals surface area contributed by atoms with Crippen molar-refractivity contribution in [3.8, 4) is 11.4 Å². The van der Waals surface area contributed by atoms with Crippen molar-refractivity contribution >= 4 is 33.7 Å². The van der Waals surface area contributed by atoms with E-state index in [0.717, 1.165) is 23.3 Å². The number of sulfone groups is 1. The number of nitrogens with zero attached hydrogens (tertiary/aromatic N) is 5. The molecule has 1 saturated heterocycles. The molecular weight excluding hydrogens is 686 g/mol. The summed E-state index contributed by atoms with van der Waals surface area (Å²) in [5, 5.41) is 48.4. The number of hydrogen-bond donors (Lipinski definition) is 4. The normalized spacial score (nSPS) is 22.3. The number of carboxylic acids is 1. The van der Waals surface area contributed by atoms with Crippen molar-refractivity contribution in [3.63, 3.8) is 0 Å². The van der Waals surface area contributed by atoms with Gasteiger partial charge in [-0.05, 0) is 23.6 Å². The molecule has 0 aliphatic carbocycles. The number of aromatic nitrogens is 3. The van der Waals surface area contributed by atoms with Crippen molar-refractivity contribution < 1.29 is 67.0 Å². The van der Waals surface area contributed by atoms with Gasteiger partial charge in [0.15, 0.2) is 6.10 Å². The number of carboxylic acid groups (broad SMARTS) is 1. The van der Waals surface area contributed by atoms with Gasteiger partial charge in [-0.3, -0.25) is 14.5 Å². The Morgan fingerprint density at radius 1 is 1.06 bits per heavy atom. The molecule has 1 fully saturated rings. The van der Waals surface area contributed by atoms with E-state index in [1.54, 1.807) is 0 Å². The number of hydrogen-bond acceptors (Lipinski definition) is 15. The lowest BCUT2D eigenvalue weighted by molar-refractivity contribution is -0.271. The second-order valence-electron chi connectivity index (χ2n) is 12.0. The monoisotopic (exact) mass is 725 g/mol. The van der Waals surface area contributed by atoms with Crippen molar-refractivity contribution in [1.29, 1.82) is 0 Å². The molecule has 5 atom stereocenters. The zero-order chi connectivity index (χ0) is 36.7. The predicted octanol–water partition coefficient (Wildman–Crippen LogP) is -1.38. The van der Waals surface area contributed by atoms with Crippen molar-refractivity contribution in [2.75, 3.05) is 38.2 Å². The maximum Gasteiger partial charge on any atom is 0.410 e. The van der Waals surface area contributed by atoms with Gasteiger partial charge in [0.1, 0.15) is 51.9 Å². The van der Waals surface area contributed by atoms with Crippen LogP contribution in [-0.4, -0.2) is 146 Å². The molecule has 2 aliphatic rings. The van der Waals surface area contributed by atoms with Crippen LogP contribution in [0.5, 0.6) is 5.75 Å². The number of aliphatic carboxylic acids is 1. The zero-order valence-electron chi connectivity index (χ0n) is 27.4. The predicted molar refractivity (Wildman–Crippen MR) is 168 cm³/mol. The van der Waals surface area contributed by atoms with E-state index in [4.69, 9.17) is 18.9 Å². The van der Waals surface area contributed by atoms with Gasteiger partial charge >= 0.3 is 12.1 Å². The third-order valence-electron chi connectivity index (χ3n) is 7.41. The minimum atomic E-state index is -3.35. The van der Waals surface area contributed by atoms with Crippen molar-refractivity contribution in [1.82, 2.24) is 24.8 Å². The summed E-state index contributed by atoms with van der Waals surface area (Å²) in [7, 11) is -3.35. The van der Waals surface area contributed by atoms with Crippen LogP contribution in [0.4, 0.5) is 4.79 Å². The van der Waals surface area contributed by atoms with E-state index in [1.807, 2.05) is 13.8 Å². The van der Waals surface area contributed by atoms with Crippen molar-refractivity contribution in [3.05, 3.63) is 47.8 Å². The van der Waals surface area contributed by atoms with Gasteiger partial charge < -0.3 is 44.3 Å². The number of rotatable bonds is 16. The van der Waals surface area contributed by atoms with E-state index in [1.165, 1.54) is 34.0 Å². The molecular formula is C30H39N5O14S. The molecule has 50 heavy (non-hydrogen) atoms. The molecule has 20 heteroatoms. The Morgan fingerprint density at radius 2 is 1.76 bits per heavy atom. The molecule has 3 heterocycles. The highest BCUT2D eigenvalue weighted by atomic mass is 32.2. The first-order valence-corrected chi connectivity index (χ1v) is 17.4. The second kappa shape index (κ2) is 16.5. The van der Waals surface area contributed by atoms with Gasteiger partial charge in [-0.2, -0.15) is 0 Å². The van der Waals surface area contributed by atoms with E-state index < -0.39 is 64.4 Å². The number of amides is 3. The van der Waals surface area contributed by atoms with Crippen LogP contribution in [0, 0.1) is 5.92 Å². The fraction of sp³-hybridized carbons (Fsp3) is 0.533. The number of imide groups is 1. The Morgan fingerprint density at radius 3 is 2.40 bits per heavy atom. The molecule has 1 aromatic carbocycles. The van der Waals surface area contributed by atoms with E-state index >= 15 is 0 Å². The molecule has 2 aromatic rings. The van der Waals surface area contributed by atoms with Gasteiger partial charge in [0.2, 0.25) is 6.29 Å². The van der Waals surface area contributed by atoms with Crippen LogP contribution in [0.15, 0.2) is 36.5 Å². The highest BCUT2D eigenvalue weighted by Gasteiger charge is 2.48. The Bertz CT molecular complexity index is 1680. The molecule has 0 unspecified atom stereocenters. The zero-order valence-corrected chi connectivity index (χ0v) is 28.2. The Balaban J connectivity index is 1.53. The maximum atomic E-state index is 12.9. The summed E-state index contributed by atoms with van der Waals surface area (Å²) in [6.07, 6.45) is -5.33. The summed E-state index contributed by atoms with van der Waals surface area (Å²) in [5.74, 6) is -2.79. The van der Waals surface area contributed by atoms with E-state index in [9.17, 15) is 48.0 Å². The minimum Gasteiger partial charge on any atom is -0.479 e. The molecule has 0 spiro atoms. The van der Waals surface area contributed by atoms with Crippen LogP contribution in [0.2, 0.25) is 0 Å². The number of carbonyl (C=O) groups is 4. The molecule has 4 N–H and O–H groups in total. The smallest absolute Gasteiger partial charge is 0.410 e. The first-order valence-electron chi connectivity index (χ1n) is 15.4. The van der Waals surface area contributed by atoms with E-state index in [-0.39, 0.29) is 62.6 Å². The summed E-state index contributed by atoms with van der Waals surface area (Å²) in [6, 6.07) is 4.35. The lowest BCUT2D eigenvalue weighted by atomic mass is 9.99. The first-order chi connectivity index (χ1) is 23.5. The fourth-order valence-corrected chi connectivity index (χ4v) is 5.43. The summed E-state index contributed by atoms with van der Waals surface area (Å²) in [4.78, 5) is 50.3. The van der Waals surface area contributed by atoms with Crippen LogP contribution in [0.25, 0.3) is 5.69 Å². The van der Waals surface area contributed by atoms with Crippen LogP contribution in [0.3, 0.4) is 0 Å². The molecule has 0 radical (unpaired) electrons. The molecule has 3 amide bonds. The van der Waals surface area contributed by atoms with Crippen LogP contribution in [0.1, 0.15) is 25.1 Å². The number of benzene rings is 1. The fourth-order valence-electron chi connectivity index (χ4n) is 4.88. The Labute approximate surface area is 286 Å². The molecule has 2 aliphatic heterocycles. The molecule has 4 rings (SSSR count). The maximum absolute atomic E-state index is 12.9. The van der Waals surface area contributed by atoms with E-state index in [0.29, 0.717) is 11.3 Å². The Hall–Kier alpha value is -4.47. The average molecular weight is 726 g/mol. The number of carbonyl (C=O) groups excluding carboxylic acids is 3. The number of aliphatic hydroxyl groups excluding tert-OH is 3. The highest BCUT2D eigenvalue weighted by Crippen LogP contribution is 2.30. The van der Waals surface area contributed by atoms with Gasteiger partial charge in [-0.25, -0.2) is 22.7 Å². The van der Waals surface area contributed by atoms with Gasteiger partial charge in [0.25, 0.3) is 11.8 Å². The molecule has 0 saturated carbocycles.